The highest BCUT2D eigenvalue weighted by Crippen LogP contribution is 2.19. The van der Waals surface area contributed by atoms with Gasteiger partial charge < -0.3 is 31.3 Å². The number of rotatable bonds is 16. The number of aromatic nitrogens is 2. The molecule has 3 aromatic rings. The van der Waals surface area contributed by atoms with Crippen LogP contribution in [0.1, 0.15) is 55.6 Å². The number of carbonyl (C=O) groups excluding carboxylic acids is 2. The Hall–Kier alpha value is -4.00. The minimum atomic E-state index is -1.27. The quantitative estimate of drug-likeness (QED) is 0.158. The number of amides is 2. The first kappa shape index (κ1) is 32.5. The highest BCUT2D eigenvalue weighted by Gasteiger charge is 2.27. The van der Waals surface area contributed by atoms with Crippen LogP contribution in [0.4, 0.5) is 4.39 Å². The number of benzene rings is 2. The van der Waals surface area contributed by atoms with E-state index in [1.807, 2.05) is 6.07 Å². The van der Waals surface area contributed by atoms with Crippen molar-refractivity contribution in [1.82, 2.24) is 20.6 Å². The zero-order valence-electron chi connectivity index (χ0n) is 23.8. The second-order valence-corrected chi connectivity index (χ2v) is 10.8. The second kappa shape index (κ2) is 15.3. The number of halogens is 1. The molecule has 0 saturated carbocycles. The van der Waals surface area contributed by atoms with Gasteiger partial charge in [0, 0.05) is 6.54 Å². The standard InChI is InChI=1S/C30H38FN5O6/c1-30(2,41)13-6-5-12-26(42-18-27(37)34-16-21(32)29(39)40)24(15-19-8-7-9-20(31)14-19)36-28(38)25-17-33-22-10-3-4-11-23(22)35-25/h3-4,7-11,14,17,21,24,26,41H,5-6,12-13,15-16,18,32H2,1-2H3,(H,34,37)(H,36,38)(H,39,40)/t21-,24-,26-/m0/s1. The maximum absolute atomic E-state index is 14.0. The lowest BCUT2D eigenvalue weighted by Crippen LogP contribution is -2.48. The predicted molar refractivity (Wildman–Crippen MR) is 154 cm³/mol. The first-order valence-electron chi connectivity index (χ1n) is 13.8. The summed E-state index contributed by atoms with van der Waals surface area (Å²) in [5.41, 5.74) is 6.47. The number of nitrogens with two attached hydrogens (primary N) is 1. The van der Waals surface area contributed by atoms with E-state index >= 15 is 0 Å². The third kappa shape index (κ3) is 10.8. The van der Waals surface area contributed by atoms with Gasteiger partial charge in [-0.05, 0) is 62.9 Å². The van der Waals surface area contributed by atoms with Crippen LogP contribution in [0.25, 0.3) is 11.0 Å². The summed E-state index contributed by atoms with van der Waals surface area (Å²) in [6, 6.07) is 11.1. The Morgan fingerprint density at radius 1 is 1.10 bits per heavy atom. The number of unbranched alkanes of at least 4 members (excludes halogenated alkanes) is 1. The fraction of sp³-hybridized carbons (Fsp3) is 0.433. The van der Waals surface area contributed by atoms with Crippen LogP contribution in [0.2, 0.25) is 0 Å². The molecule has 226 valence electrons. The molecule has 3 rings (SSSR count). The van der Waals surface area contributed by atoms with Crippen molar-refractivity contribution in [3.05, 3.63) is 71.8 Å². The van der Waals surface area contributed by atoms with Crippen LogP contribution in [0.15, 0.2) is 54.7 Å². The second-order valence-electron chi connectivity index (χ2n) is 10.8. The Morgan fingerprint density at radius 3 is 2.52 bits per heavy atom. The molecule has 1 heterocycles. The Morgan fingerprint density at radius 2 is 1.83 bits per heavy atom. The molecule has 2 amide bonds. The molecule has 42 heavy (non-hydrogen) atoms. The van der Waals surface area contributed by atoms with Gasteiger partial charge in [-0.2, -0.15) is 0 Å². The van der Waals surface area contributed by atoms with Gasteiger partial charge in [0.2, 0.25) is 5.91 Å². The molecule has 1 aromatic heterocycles. The van der Waals surface area contributed by atoms with Gasteiger partial charge in [-0.3, -0.25) is 19.4 Å². The van der Waals surface area contributed by atoms with Crippen molar-refractivity contribution >= 4 is 28.8 Å². The topological polar surface area (TPSA) is 177 Å². The van der Waals surface area contributed by atoms with Gasteiger partial charge in [-0.1, -0.05) is 37.1 Å². The van der Waals surface area contributed by atoms with E-state index in [0.717, 1.165) is 0 Å². The molecule has 0 bridgehead atoms. The number of carboxylic acid groups (broad SMARTS) is 1. The van der Waals surface area contributed by atoms with Crippen molar-refractivity contribution in [3.8, 4) is 0 Å². The molecule has 0 aliphatic heterocycles. The van der Waals surface area contributed by atoms with Crippen LogP contribution in [0.3, 0.4) is 0 Å². The minimum absolute atomic E-state index is 0.0825. The molecular weight excluding hydrogens is 545 g/mol. The minimum Gasteiger partial charge on any atom is -0.480 e. The van der Waals surface area contributed by atoms with Crippen LogP contribution in [-0.4, -0.2) is 74.9 Å². The van der Waals surface area contributed by atoms with Crippen LogP contribution >= 0.6 is 0 Å². The molecule has 12 heteroatoms. The Balaban J connectivity index is 1.82. The van der Waals surface area contributed by atoms with E-state index in [-0.39, 0.29) is 18.7 Å². The van der Waals surface area contributed by atoms with E-state index in [9.17, 15) is 23.9 Å². The smallest absolute Gasteiger partial charge is 0.322 e. The van der Waals surface area contributed by atoms with E-state index in [4.69, 9.17) is 15.6 Å². The lowest BCUT2D eigenvalue weighted by Gasteiger charge is -2.29. The number of nitrogens with one attached hydrogen (secondary N) is 2. The van der Waals surface area contributed by atoms with Crippen molar-refractivity contribution in [2.24, 2.45) is 5.73 Å². The summed E-state index contributed by atoms with van der Waals surface area (Å²) in [7, 11) is 0. The molecule has 3 atom stereocenters. The number of aliphatic carboxylic acids is 1. The SMILES string of the molecule is CC(C)(O)CCCC[C@H](OCC(=O)NC[C@H](N)C(=O)O)[C@H](Cc1cccc(F)c1)NC(=O)c1cnc2ccccc2n1. The first-order valence-corrected chi connectivity index (χ1v) is 13.8. The normalized spacial score (nSPS) is 13.7. The average molecular weight is 584 g/mol. The summed E-state index contributed by atoms with van der Waals surface area (Å²) in [4.78, 5) is 45.5. The summed E-state index contributed by atoms with van der Waals surface area (Å²) in [6.07, 6.45) is 3.04. The summed E-state index contributed by atoms with van der Waals surface area (Å²) in [5, 5.41) is 24.4. The summed E-state index contributed by atoms with van der Waals surface area (Å²) in [6.45, 7) is 2.72. The van der Waals surface area contributed by atoms with Gasteiger partial charge in [0.25, 0.3) is 5.91 Å². The molecule has 11 nitrogen and oxygen atoms in total. The van der Waals surface area contributed by atoms with Crippen LogP contribution < -0.4 is 16.4 Å². The van der Waals surface area contributed by atoms with Crippen LogP contribution in [-0.2, 0) is 20.7 Å². The fourth-order valence-corrected chi connectivity index (χ4v) is 4.35. The van der Waals surface area contributed by atoms with E-state index in [0.29, 0.717) is 42.3 Å². The van der Waals surface area contributed by atoms with E-state index in [1.165, 1.54) is 18.3 Å². The van der Waals surface area contributed by atoms with Gasteiger partial charge >= 0.3 is 5.97 Å². The monoisotopic (exact) mass is 583 g/mol. The molecule has 0 aliphatic carbocycles. The Kier molecular flexibility index (Phi) is 11.8. The maximum Gasteiger partial charge on any atom is 0.322 e. The predicted octanol–water partition coefficient (Wildman–Crippen LogP) is 2.35. The van der Waals surface area contributed by atoms with Crippen LogP contribution in [0.5, 0.6) is 0 Å². The molecule has 0 fully saturated rings. The van der Waals surface area contributed by atoms with Crippen molar-refractivity contribution in [1.29, 1.82) is 0 Å². The number of carbonyl (C=O) groups is 3. The molecule has 0 aliphatic rings. The first-order chi connectivity index (χ1) is 19.9. The summed E-state index contributed by atoms with van der Waals surface area (Å²) >= 11 is 0. The zero-order valence-corrected chi connectivity index (χ0v) is 23.8. The molecule has 0 saturated heterocycles. The molecule has 2 aromatic carbocycles. The van der Waals surface area contributed by atoms with Gasteiger partial charge in [0.05, 0.1) is 35.0 Å². The van der Waals surface area contributed by atoms with Gasteiger partial charge in [0.15, 0.2) is 0 Å². The Bertz CT molecular complexity index is 1370. The van der Waals surface area contributed by atoms with Crippen molar-refractivity contribution in [3.63, 3.8) is 0 Å². The van der Waals surface area contributed by atoms with Crippen molar-refractivity contribution < 1.29 is 33.7 Å². The molecular formula is C30H38FN5O6. The van der Waals surface area contributed by atoms with Gasteiger partial charge in [-0.25, -0.2) is 9.37 Å². The highest BCUT2D eigenvalue weighted by atomic mass is 19.1. The third-order valence-corrected chi connectivity index (χ3v) is 6.58. The summed E-state index contributed by atoms with van der Waals surface area (Å²) < 4.78 is 20.0. The van der Waals surface area contributed by atoms with Crippen LogP contribution in [0, 0.1) is 5.82 Å². The number of para-hydroxylation sites is 2. The lowest BCUT2D eigenvalue weighted by molar-refractivity contribution is -0.138. The van der Waals surface area contributed by atoms with E-state index < -0.39 is 54.0 Å². The van der Waals surface area contributed by atoms with Gasteiger partial charge in [0.1, 0.15) is 24.2 Å². The number of hydrogen-bond donors (Lipinski definition) is 5. The molecule has 0 radical (unpaired) electrons. The third-order valence-electron chi connectivity index (χ3n) is 6.58. The number of fused-ring (bicyclic) bond motifs is 1. The van der Waals surface area contributed by atoms with Gasteiger partial charge in [-0.15, -0.1) is 0 Å². The number of ether oxygens (including phenoxy) is 1. The van der Waals surface area contributed by atoms with E-state index in [1.54, 1.807) is 44.2 Å². The lowest BCUT2D eigenvalue weighted by atomic mass is 9.94. The average Bonchev–Trinajstić information content (AvgIpc) is 2.94. The molecule has 0 unspecified atom stereocenters. The number of aliphatic hydroxyl groups is 1. The number of nitrogens with zero attached hydrogens (tertiary/aromatic N) is 2. The Labute approximate surface area is 243 Å². The van der Waals surface area contributed by atoms with Crippen molar-refractivity contribution in [2.75, 3.05) is 13.2 Å². The molecule has 0 spiro atoms. The fourth-order valence-electron chi connectivity index (χ4n) is 4.35. The number of carboxylic acids is 1. The largest absolute Gasteiger partial charge is 0.480 e. The van der Waals surface area contributed by atoms with E-state index in [2.05, 4.69) is 20.6 Å². The number of hydrogen-bond acceptors (Lipinski definition) is 8. The van der Waals surface area contributed by atoms with Crippen molar-refractivity contribution in [2.45, 2.75) is 69.7 Å². The maximum atomic E-state index is 14.0. The summed E-state index contributed by atoms with van der Waals surface area (Å²) in [5.74, 6) is -2.79. The highest BCUT2D eigenvalue weighted by molar-refractivity contribution is 5.94. The zero-order chi connectivity index (χ0) is 30.7. The molecule has 6 N–H and O–H groups in total.